The van der Waals surface area contributed by atoms with E-state index < -0.39 is 5.56 Å². The molecule has 3 aromatic rings. The fraction of sp³-hybridized carbons (Fsp3) is 0.222. The number of aryl methyl sites for hydroxylation is 2. The predicted octanol–water partition coefficient (Wildman–Crippen LogP) is 1.84. The smallest absolute Gasteiger partial charge is 0.263 e. The van der Waals surface area contributed by atoms with E-state index in [0.29, 0.717) is 12.4 Å². The number of para-hydroxylation sites is 1. The van der Waals surface area contributed by atoms with Gasteiger partial charge in [0.15, 0.2) is 0 Å². The minimum Gasteiger partial charge on any atom is -0.337 e. The number of hydrogen-bond donors (Lipinski definition) is 1. The van der Waals surface area contributed by atoms with E-state index in [2.05, 4.69) is 15.1 Å². The first-order valence-corrected chi connectivity index (χ1v) is 7.86. The average molecular weight is 337 g/mol. The average Bonchev–Trinajstić information content (AvgIpc) is 3.03. The van der Waals surface area contributed by atoms with Crippen molar-refractivity contribution in [3.05, 3.63) is 75.7 Å². The van der Waals surface area contributed by atoms with Crippen molar-refractivity contribution in [2.75, 3.05) is 7.05 Å². The molecule has 0 atom stereocenters. The first-order valence-electron chi connectivity index (χ1n) is 7.86. The summed E-state index contributed by atoms with van der Waals surface area (Å²) in [5.41, 5.74) is 2.57. The Labute approximate surface area is 144 Å². The molecule has 7 nitrogen and oxygen atoms in total. The number of nitrogens with zero attached hydrogens (tertiary/aromatic N) is 4. The van der Waals surface area contributed by atoms with E-state index in [4.69, 9.17) is 0 Å². The van der Waals surface area contributed by atoms with Gasteiger partial charge in [0.2, 0.25) is 0 Å². The second kappa shape index (κ2) is 6.72. The highest BCUT2D eigenvalue weighted by Gasteiger charge is 2.17. The molecule has 0 fully saturated rings. The Bertz CT molecular complexity index is 973. The van der Waals surface area contributed by atoms with Crippen LogP contribution >= 0.6 is 0 Å². The Morgan fingerprint density at radius 2 is 2.00 bits per heavy atom. The van der Waals surface area contributed by atoms with Crippen LogP contribution in [0, 0.1) is 13.8 Å². The fourth-order valence-corrected chi connectivity index (χ4v) is 2.58. The molecule has 7 heteroatoms. The Balaban J connectivity index is 1.77. The van der Waals surface area contributed by atoms with Crippen LogP contribution in [-0.4, -0.2) is 37.6 Å². The Morgan fingerprint density at radius 1 is 1.24 bits per heavy atom. The zero-order chi connectivity index (χ0) is 18.0. The summed E-state index contributed by atoms with van der Waals surface area (Å²) in [5.74, 6) is 0.0982. The van der Waals surface area contributed by atoms with Crippen LogP contribution in [0.15, 0.2) is 47.7 Å². The number of carbonyl (C=O) groups is 1. The van der Waals surface area contributed by atoms with Crippen LogP contribution in [0.25, 0.3) is 5.69 Å². The summed E-state index contributed by atoms with van der Waals surface area (Å²) in [7, 11) is 1.65. The first kappa shape index (κ1) is 16.6. The number of benzene rings is 1. The molecule has 0 bridgehead atoms. The topological polar surface area (TPSA) is 83.9 Å². The Kier molecular flexibility index (Phi) is 4.47. The molecule has 1 aromatic carbocycles. The lowest BCUT2D eigenvalue weighted by molar-refractivity contribution is 0.0783. The summed E-state index contributed by atoms with van der Waals surface area (Å²) in [6.45, 7) is 4.03. The maximum atomic E-state index is 12.5. The van der Waals surface area contributed by atoms with Gasteiger partial charge in [-0.05, 0) is 25.5 Å². The Hall–Kier alpha value is -3.22. The number of aromatic amines is 1. The third kappa shape index (κ3) is 3.50. The number of amides is 1. The summed E-state index contributed by atoms with van der Waals surface area (Å²) in [4.78, 5) is 32.4. The number of rotatable bonds is 4. The Morgan fingerprint density at radius 3 is 2.72 bits per heavy atom. The minimum atomic E-state index is -0.431. The highest BCUT2D eigenvalue weighted by molar-refractivity contribution is 5.93. The van der Waals surface area contributed by atoms with Gasteiger partial charge in [-0.1, -0.05) is 18.2 Å². The van der Waals surface area contributed by atoms with Gasteiger partial charge in [0.05, 0.1) is 11.9 Å². The zero-order valence-corrected chi connectivity index (χ0v) is 14.4. The zero-order valence-electron chi connectivity index (χ0n) is 14.4. The summed E-state index contributed by atoms with van der Waals surface area (Å²) in [6.07, 6.45) is 4.90. The van der Waals surface area contributed by atoms with E-state index in [1.807, 2.05) is 37.4 Å². The molecule has 0 aliphatic rings. The lowest BCUT2D eigenvalue weighted by Crippen LogP contribution is -2.31. The van der Waals surface area contributed by atoms with Crippen molar-refractivity contribution >= 4 is 5.91 Å². The number of nitrogens with one attached hydrogen (secondary N) is 1. The lowest BCUT2D eigenvalue weighted by Gasteiger charge is -2.15. The van der Waals surface area contributed by atoms with Gasteiger partial charge >= 0.3 is 0 Å². The highest BCUT2D eigenvalue weighted by atomic mass is 16.2. The molecule has 0 unspecified atom stereocenters. The van der Waals surface area contributed by atoms with Crippen LogP contribution in [-0.2, 0) is 6.54 Å². The molecule has 1 amide bonds. The summed E-state index contributed by atoms with van der Waals surface area (Å²) >= 11 is 0. The highest BCUT2D eigenvalue weighted by Crippen LogP contribution is 2.14. The standard InChI is InChI=1S/C18H19N5O2/c1-12-6-4-5-7-16(12)23-11-14(8-20-23)10-22(3)18(25)15-9-19-13(2)21-17(15)24/h4-9,11H,10H2,1-3H3,(H,19,21,24). The molecule has 0 aliphatic carbocycles. The molecule has 0 radical (unpaired) electrons. The van der Waals surface area contributed by atoms with Gasteiger partial charge in [-0.3, -0.25) is 9.59 Å². The summed E-state index contributed by atoms with van der Waals surface area (Å²) < 4.78 is 1.78. The van der Waals surface area contributed by atoms with Crippen LogP contribution in [0.5, 0.6) is 0 Å². The molecule has 0 spiro atoms. The second-order valence-electron chi connectivity index (χ2n) is 5.95. The van der Waals surface area contributed by atoms with Gasteiger partial charge < -0.3 is 9.88 Å². The van der Waals surface area contributed by atoms with Crippen LogP contribution < -0.4 is 5.56 Å². The molecule has 2 heterocycles. The number of aromatic nitrogens is 4. The van der Waals surface area contributed by atoms with Crippen molar-refractivity contribution in [3.8, 4) is 5.69 Å². The summed E-state index contributed by atoms with van der Waals surface area (Å²) in [5, 5.41) is 4.36. The number of carbonyl (C=O) groups excluding carboxylic acids is 1. The maximum absolute atomic E-state index is 12.5. The van der Waals surface area contributed by atoms with Gasteiger partial charge in [0, 0.05) is 31.5 Å². The molecule has 2 aromatic heterocycles. The summed E-state index contributed by atoms with van der Waals surface area (Å²) in [6, 6.07) is 7.93. The number of H-pyrrole nitrogens is 1. The molecule has 0 aliphatic heterocycles. The van der Waals surface area contributed by atoms with Gasteiger partial charge in [-0.15, -0.1) is 0 Å². The van der Waals surface area contributed by atoms with Crippen LogP contribution in [0.1, 0.15) is 27.3 Å². The monoisotopic (exact) mass is 337 g/mol. The van der Waals surface area contributed by atoms with E-state index in [0.717, 1.165) is 16.8 Å². The van der Waals surface area contributed by atoms with Crippen molar-refractivity contribution in [1.29, 1.82) is 0 Å². The number of hydrogen-bond acceptors (Lipinski definition) is 4. The van der Waals surface area contributed by atoms with E-state index >= 15 is 0 Å². The van der Waals surface area contributed by atoms with E-state index in [1.165, 1.54) is 11.1 Å². The third-order valence-electron chi connectivity index (χ3n) is 3.92. The molecule has 128 valence electrons. The van der Waals surface area contributed by atoms with Gasteiger partial charge in [-0.2, -0.15) is 5.10 Å². The van der Waals surface area contributed by atoms with E-state index in [-0.39, 0.29) is 11.5 Å². The molecule has 1 N–H and O–H groups in total. The maximum Gasteiger partial charge on any atom is 0.263 e. The van der Waals surface area contributed by atoms with Crippen LogP contribution in [0.3, 0.4) is 0 Å². The molecule has 3 rings (SSSR count). The lowest BCUT2D eigenvalue weighted by atomic mass is 10.2. The first-order chi connectivity index (χ1) is 12.0. The van der Waals surface area contributed by atoms with Crippen molar-refractivity contribution in [3.63, 3.8) is 0 Å². The van der Waals surface area contributed by atoms with Crippen molar-refractivity contribution < 1.29 is 4.79 Å². The second-order valence-corrected chi connectivity index (χ2v) is 5.95. The molecular weight excluding hydrogens is 318 g/mol. The minimum absolute atomic E-state index is 0.0272. The fourth-order valence-electron chi connectivity index (χ4n) is 2.58. The van der Waals surface area contributed by atoms with Crippen LogP contribution in [0.2, 0.25) is 0 Å². The van der Waals surface area contributed by atoms with Crippen molar-refractivity contribution in [1.82, 2.24) is 24.6 Å². The van der Waals surface area contributed by atoms with Gasteiger partial charge in [-0.25, -0.2) is 9.67 Å². The normalized spacial score (nSPS) is 10.7. The predicted molar refractivity (Wildman–Crippen MR) is 93.7 cm³/mol. The SMILES string of the molecule is Cc1ncc(C(=O)N(C)Cc2cnn(-c3ccccc3C)c2)c(=O)[nH]1. The van der Waals surface area contributed by atoms with Gasteiger partial charge in [0.25, 0.3) is 11.5 Å². The quantitative estimate of drug-likeness (QED) is 0.787. The molecule has 0 saturated heterocycles. The molecular formula is C18H19N5O2. The van der Waals surface area contributed by atoms with E-state index in [1.54, 1.807) is 24.9 Å². The molecule has 0 saturated carbocycles. The molecule has 25 heavy (non-hydrogen) atoms. The largest absolute Gasteiger partial charge is 0.337 e. The van der Waals surface area contributed by atoms with Crippen LogP contribution in [0.4, 0.5) is 0 Å². The van der Waals surface area contributed by atoms with E-state index in [9.17, 15) is 9.59 Å². The van der Waals surface area contributed by atoms with Crippen molar-refractivity contribution in [2.24, 2.45) is 0 Å². The van der Waals surface area contributed by atoms with Gasteiger partial charge in [0.1, 0.15) is 11.4 Å². The van der Waals surface area contributed by atoms with Crippen molar-refractivity contribution in [2.45, 2.75) is 20.4 Å². The third-order valence-corrected chi connectivity index (χ3v) is 3.92.